The number of carbonyl (C=O) groups is 2. The van der Waals surface area contributed by atoms with Gasteiger partial charge in [0.25, 0.3) is 0 Å². The summed E-state index contributed by atoms with van der Waals surface area (Å²) in [6.07, 6.45) is 27.5. The Morgan fingerprint density at radius 3 is 1.84 bits per heavy atom. The lowest BCUT2D eigenvalue weighted by molar-refractivity contribution is -0.866. The van der Waals surface area contributed by atoms with Gasteiger partial charge in [-0.2, -0.15) is 0 Å². The quantitative estimate of drug-likeness (QED) is 0.0400. The lowest BCUT2D eigenvalue weighted by Crippen LogP contribution is -2.60. The number of nitrogens with zero attached hydrogens (tertiary/aromatic N) is 2. The fourth-order valence-corrected chi connectivity index (χ4v) is 12.8. The molecule has 0 aromatic heterocycles. The molecule has 8 heteroatoms. The number of rotatable bonds is 14. The highest BCUT2D eigenvalue weighted by atomic mass is 16.7. The normalized spacial score (nSPS) is 26.7. The molecular weight excluding hydrogens is 929 g/mol. The minimum atomic E-state index is -1.15. The molecule has 1 saturated heterocycles. The Hall–Kier alpha value is -5.68. The molecule has 7 unspecified atom stereocenters. The van der Waals surface area contributed by atoms with Crippen molar-refractivity contribution >= 4 is 24.4 Å². The van der Waals surface area contributed by atoms with Crippen molar-refractivity contribution in [2.75, 3.05) is 6.61 Å². The maximum Gasteiger partial charge on any atom is 0.704 e. The second-order valence-electron chi connectivity index (χ2n) is 25.9. The third-order valence-corrected chi connectivity index (χ3v) is 17.1. The second kappa shape index (κ2) is 21.7. The van der Waals surface area contributed by atoms with Crippen LogP contribution in [0.5, 0.6) is 17.2 Å². The van der Waals surface area contributed by atoms with E-state index >= 15 is 0 Å². The van der Waals surface area contributed by atoms with Crippen LogP contribution in [-0.4, -0.2) is 58.2 Å². The zero-order chi connectivity index (χ0) is 53.5. The van der Waals surface area contributed by atoms with E-state index in [0.29, 0.717) is 18.8 Å². The van der Waals surface area contributed by atoms with Gasteiger partial charge in [0.05, 0.1) is 29.6 Å². The van der Waals surface area contributed by atoms with E-state index in [1.54, 1.807) is 0 Å². The lowest BCUT2D eigenvalue weighted by atomic mass is 9.79. The Morgan fingerprint density at radius 1 is 0.653 bits per heavy atom. The van der Waals surface area contributed by atoms with Crippen LogP contribution in [-0.2, 0) is 30.6 Å². The summed E-state index contributed by atoms with van der Waals surface area (Å²) in [6.45, 7) is 31.2. The predicted molar refractivity (Wildman–Crippen MR) is 301 cm³/mol. The molecule has 0 radical (unpaired) electrons. The van der Waals surface area contributed by atoms with Crippen molar-refractivity contribution in [1.29, 1.82) is 0 Å². The van der Waals surface area contributed by atoms with Crippen LogP contribution in [0.25, 0.3) is 0 Å². The molecule has 0 N–H and O–H groups in total. The highest BCUT2D eigenvalue weighted by molar-refractivity contribution is 5.85. The molecule has 3 aromatic carbocycles. The van der Waals surface area contributed by atoms with Gasteiger partial charge in [-0.05, 0) is 133 Å². The largest absolute Gasteiger partial charge is 0.704 e. The van der Waals surface area contributed by atoms with Crippen molar-refractivity contribution in [2.45, 2.75) is 193 Å². The number of allylic oxidation sites excluding steroid dienone is 4. The minimum absolute atomic E-state index is 0.0170. The van der Waals surface area contributed by atoms with E-state index in [2.05, 4.69) is 152 Å². The Labute approximate surface area is 449 Å². The van der Waals surface area contributed by atoms with Crippen molar-refractivity contribution in [3.8, 4) is 29.1 Å². The van der Waals surface area contributed by atoms with Gasteiger partial charge in [-0.3, -0.25) is 9.59 Å². The standard InChI is InChI=1S/C67H86N2O6/c1-13-16-17-18-19-22-33-72-62(70)54-38-46(35-48(54)15-3)27-30-49-34-44(14-2)37-55(49)63(71)73-53-31-28-45(29-32-53)25-26-47-36-50-42-68-58-23-20-21-24-59(58)69-43-51-40-52(64(4,5)6)41-57(66(10,11)12)61(51)75-67(68,69)74-60(50)56(39-47)65(7,8)9/h14-15,27-32,36,39-44,46,48-49,54-55,58-59H,2-3,13,16-24,33-35,37-38H2,1,4-12H3/q+2/b30-27-/t44?,46?,48?,49?,54?,55?,58?,59-,67-/m1/s1. The van der Waals surface area contributed by atoms with Gasteiger partial charge in [-0.25, -0.2) is 0 Å². The molecular formula is C67H86N2O6+2. The highest BCUT2D eigenvalue weighted by Crippen LogP contribution is 2.50. The van der Waals surface area contributed by atoms with Gasteiger partial charge < -0.3 is 18.9 Å². The van der Waals surface area contributed by atoms with E-state index in [0.717, 1.165) is 84.3 Å². The molecule has 398 valence electrons. The molecule has 0 bridgehead atoms. The van der Waals surface area contributed by atoms with Crippen LogP contribution in [0.2, 0.25) is 0 Å². The zero-order valence-electron chi connectivity index (χ0n) is 47.1. The average Bonchev–Trinajstić information content (AvgIpc) is 4.12. The molecule has 9 rings (SSSR count). The highest BCUT2D eigenvalue weighted by Gasteiger charge is 2.77. The number of esters is 2. The van der Waals surface area contributed by atoms with E-state index in [4.69, 9.17) is 18.9 Å². The first-order valence-electron chi connectivity index (χ1n) is 28.7. The molecule has 1 spiro atoms. The summed E-state index contributed by atoms with van der Waals surface area (Å²) < 4.78 is 31.6. The number of hydrogen-bond acceptors (Lipinski definition) is 6. The van der Waals surface area contributed by atoms with Crippen LogP contribution >= 0.6 is 0 Å². The van der Waals surface area contributed by atoms with Gasteiger partial charge in [-0.1, -0.05) is 153 Å². The molecule has 3 aliphatic carbocycles. The van der Waals surface area contributed by atoms with Crippen molar-refractivity contribution in [1.82, 2.24) is 0 Å². The Bertz CT molecular complexity index is 2820. The molecule has 8 nitrogen and oxygen atoms in total. The average molecular weight is 1020 g/mol. The van der Waals surface area contributed by atoms with Crippen LogP contribution in [0.3, 0.4) is 0 Å². The molecule has 3 aromatic rings. The second-order valence-corrected chi connectivity index (χ2v) is 25.9. The molecule has 4 fully saturated rings. The molecule has 9 atom stereocenters. The minimum Gasteiger partial charge on any atom is -0.465 e. The number of unbranched alkanes of at least 4 members (excludes halogenated alkanes) is 5. The number of benzene rings is 3. The van der Waals surface area contributed by atoms with Gasteiger partial charge in [0.15, 0.2) is 23.9 Å². The summed E-state index contributed by atoms with van der Waals surface area (Å²) in [5.41, 5.74) is 6.99. The number of ether oxygens (including phenoxy) is 4. The maximum atomic E-state index is 13.9. The molecule has 3 heterocycles. The maximum absolute atomic E-state index is 13.9. The monoisotopic (exact) mass is 1010 g/mol. The summed E-state index contributed by atoms with van der Waals surface area (Å²) in [6, 6.07) is 15.9. The van der Waals surface area contributed by atoms with E-state index < -0.39 is 6.03 Å². The van der Waals surface area contributed by atoms with Crippen molar-refractivity contribution in [3.05, 3.63) is 125 Å². The first kappa shape index (κ1) is 54.1. The summed E-state index contributed by atoms with van der Waals surface area (Å²) in [5.74, 6) is 8.92. The van der Waals surface area contributed by atoms with Crippen LogP contribution in [0.15, 0.2) is 86.0 Å². The first-order valence-corrected chi connectivity index (χ1v) is 28.7. The summed E-state index contributed by atoms with van der Waals surface area (Å²) >= 11 is 0. The van der Waals surface area contributed by atoms with Crippen LogP contribution in [0.4, 0.5) is 0 Å². The van der Waals surface area contributed by atoms with E-state index in [9.17, 15) is 9.59 Å². The summed E-state index contributed by atoms with van der Waals surface area (Å²) in [4.78, 5) is 27.1. The van der Waals surface area contributed by atoms with Crippen LogP contribution in [0, 0.1) is 47.3 Å². The van der Waals surface area contributed by atoms with Crippen molar-refractivity contribution < 1.29 is 37.7 Å². The third-order valence-electron chi connectivity index (χ3n) is 17.1. The molecule has 6 aliphatic rings. The fourth-order valence-electron chi connectivity index (χ4n) is 12.8. The Balaban J connectivity index is 0.903. The lowest BCUT2D eigenvalue weighted by Gasteiger charge is -2.34. The first-order chi connectivity index (χ1) is 35.7. The topological polar surface area (TPSA) is 77.1 Å². The molecule has 3 saturated carbocycles. The third kappa shape index (κ3) is 11.4. The smallest absolute Gasteiger partial charge is 0.465 e. The van der Waals surface area contributed by atoms with Crippen molar-refractivity contribution in [2.24, 2.45) is 35.5 Å². The van der Waals surface area contributed by atoms with Crippen LogP contribution < -0.4 is 14.2 Å². The van der Waals surface area contributed by atoms with Crippen LogP contribution in [0.1, 0.15) is 198 Å². The molecule has 75 heavy (non-hydrogen) atoms. The van der Waals surface area contributed by atoms with E-state index in [1.807, 2.05) is 36.4 Å². The van der Waals surface area contributed by atoms with Gasteiger partial charge >= 0.3 is 18.0 Å². The van der Waals surface area contributed by atoms with E-state index in [-0.39, 0.29) is 75.8 Å². The van der Waals surface area contributed by atoms with Gasteiger partial charge in [-0.15, -0.1) is 13.2 Å². The van der Waals surface area contributed by atoms with Gasteiger partial charge in [0.1, 0.15) is 5.75 Å². The van der Waals surface area contributed by atoms with Gasteiger partial charge in [0.2, 0.25) is 12.1 Å². The zero-order valence-corrected chi connectivity index (χ0v) is 47.1. The number of carbonyl (C=O) groups excluding carboxylic acids is 2. The molecule has 3 aliphatic heterocycles. The summed E-state index contributed by atoms with van der Waals surface area (Å²) in [5, 5.41) is 0. The molecule has 0 amide bonds. The number of fused-ring (bicyclic) bond motifs is 5. The SMILES string of the molecule is C=CC1CC(/C=C\C2CC(C=C)C(C(=O)OCCCCCCCC)C2)C(C(=O)Oc2ccc(C#Cc3cc4c(c(C(C)(C)C)c3)O[C@]35Oc6c(cc(C(C)(C)C)cc6C(C)(C)C)C=[N+]3[C@@H]3CCCCC3[N+]5=C4)cc2)C1. The summed E-state index contributed by atoms with van der Waals surface area (Å²) in [7, 11) is 0. The number of hydrogen-bond donors (Lipinski definition) is 0. The van der Waals surface area contributed by atoms with E-state index in [1.165, 1.54) is 49.7 Å². The fraction of sp³-hybridized carbons (Fsp3) is 0.552. The van der Waals surface area contributed by atoms with Crippen molar-refractivity contribution in [3.63, 3.8) is 0 Å². The predicted octanol–water partition coefficient (Wildman–Crippen LogP) is 14.3. The Kier molecular flexibility index (Phi) is 15.7. The Morgan fingerprint density at radius 2 is 1.23 bits per heavy atom. The van der Waals surface area contributed by atoms with Gasteiger partial charge in [0, 0.05) is 35.1 Å².